The first kappa shape index (κ1) is 21.2. The van der Waals surface area contributed by atoms with Crippen molar-refractivity contribution in [3.05, 3.63) is 112 Å². The van der Waals surface area contributed by atoms with Crippen LogP contribution in [0.3, 0.4) is 0 Å². The van der Waals surface area contributed by atoms with Crippen LogP contribution in [0.4, 0.5) is 5.69 Å². The number of nitrogens with two attached hydrogens (primary N) is 1. The Balaban J connectivity index is 1.82. The molecule has 0 aliphatic heterocycles. The number of rotatable bonds is 0. The summed E-state index contributed by atoms with van der Waals surface area (Å²) < 4.78 is 0. The Morgan fingerprint density at radius 1 is 0.500 bits per heavy atom. The monoisotopic (exact) mass is 443 g/mol. The highest BCUT2D eigenvalue weighted by Gasteiger charge is 2.52. The summed E-state index contributed by atoms with van der Waals surface area (Å²) in [6, 6.07) is 29.7. The largest absolute Gasteiger partial charge is 0.399 e. The average Bonchev–Trinajstić information content (AvgIpc) is 3.24. The van der Waals surface area contributed by atoms with Crippen LogP contribution >= 0.6 is 0 Å². The van der Waals surface area contributed by atoms with Gasteiger partial charge in [0.25, 0.3) is 0 Å². The number of benzene rings is 4. The van der Waals surface area contributed by atoms with Gasteiger partial charge in [0.05, 0.1) is 5.41 Å². The van der Waals surface area contributed by atoms with E-state index in [1.807, 2.05) is 6.07 Å². The molecule has 0 bridgehead atoms. The molecule has 1 heteroatoms. The second-order valence-corrected chi connectivity index (χ2v) is 12.1. The lowest BCUT2D eigenvalue weighted by molar-refractivity contribution is 0.586. The zero-order valence-corrected chi connectivity index (χ0v) is 21.1. The topological polar surface area (TPSA) is 26.0 Å². The summed E-state index contributed by atoms with van der Waals surface area (Å²) in [5.41, 5.74) is 20.5. The van der Waals surface area contributed by atoms with E-state index < -0.39 is 0 Å². The normalized spacial score (nSPS) is 15.1. The second-order valence-electron chi connectivity index (χ2n) is 12.1. The number of nitrogen functional groups attached to an aromatic ring is 1. The van der Waals surface area contributed by atoms with Crippen LogP contribution in [0, 0.1) is 0 Å². The van der Waals surface area contributed by atoms with Crippen LogP contribution in [0.5, 0.6) is 0 Å². The van der Waals surface area contributed by atoms with Crippen LogP contribution in [0.1, 0.15) is 74.9 Å². The summed E-state index contributed by atoms with van der Waals surface area (Å²) in [5, 5.41) is 0. The molecule has 0 saturated heterocycles. The second kappa shape index (κ2) is 6.63. The van der Waals surface area contributed by atoms with Crippen molar-refractivity contribution in [2.75, 3.05) is 5.73 Å². The Labute approximate surface area is 203 Å². The molecule has 1 spiro atoms. The van der Waals surface area contributed by atoms with Gasteiger partial charge in [0.2, 0.25) is 0 Å². The van der Waals surface area contributed by atoms with E-state index >= 15 is 0 Å². The molecule has 0 heterocycles. The van der Waals surface area contributed by atoms with Crippen molar-refractivity contribution in [3.8, 4) is 22.3 Å². The Morgan fingerprint density at radius 2 is 0.941 bits per heavy atom. The van der Waals surface area contributed by atoms with Gasteiger partial charge in [-0.1, -0.05) is 108 Å². The molecular weight excluding hydrogens is 410 g/mol. The van der Waals surface area contributed by atoms with Crippen LogP contribution in [0.25, 0.3) is 22.3 Å². The van der Waals surface area contributed by atoms with Gasteiger partial charge in [0, 0.05) is 5.69 Å². The fourth-order valence-corrected chi connectivity index (χ4v) is 6.13. The molecule has 0 unspecified atom stereocenters. The van der Waals surface area contributed by atoms with Crippen LogP contribution in [0.15, 0.2) is 78.9 Å². The lowest BCUT2D eigenvalue weighted by Gasteiger charge is -2.32. The fraction of sp³-hybridized carbons (Fsp3) is 0.273. The molecule has 2 aliphatic rings. The van der Waals surface area contributed by atoms with Gasteiger partial charge in [-0.15, -0.1) is 0 Å². The average molecular weight is 444 g/mol. The molecule has 2 N–H and O–H groups in total. The summed E-state index contributed by atoms with van der Waals surface area (Å²) in [5.74, 6) is 0. The van der Waals surface area contributed by atoms with Crippen molar-refractivity contribution < 1.29 is 0 Å². The van der Waals surface area contributed by atoms with Crippen LogP contribution in [-0.2, 0) is 16.2 Å². The molecule has 1 nitrogen and oxygen atoms in total. The molecule has 34 heavy (non-hydrogen) atoms. The van der Waals surface area contributed by atoms with Crippen LogP contribution < -0.4 is 5.73 Å². The quantitative estimate of drug-likeness (QED) is 0.235. The summed E-state index contributed by atoms with van der Waals surface area (Å²) in [6.07, 6.45) is 0. The van der Waals surface area contributed by atoms with E-state index in [2.05, 4.69) is 114 Å². The maximum Gasteiger partial charge on any atom is 0.0726 e. The molecule has 170 valence electrons. The highest BCUT2D eigenvalue weighted by Crippen LogP contribution is 2.63. The van der Waals surface area contributed by atoms with Gasteiger partial charge < -0.3 is 5.73 Å². The van der Waals surface area contributed by atoms with E-state index in [-0.39, 0.29) is 16.2 Å². The van der Waals surface area contributed by atoms with E-state index in [9.17, 15) is 0 Å². The smallest absolute Gasteiger partial charge is 0.0726 e. The SMILES string of the molecule is CC(C)(C)c1ccc2c(c1)C1(c3ccccc3-c3ccc(N)cc31)c1cc(C(C)(C)C)ccc1-2. The van der Waals surface area contributed by atoms with Crippen molar-refractivity contribution in [3.63, 3.8) is 0 Å². The molecular formula is C33H33N. The molecule has 0 amide bonds. The van der Waals surface area contributed by atoms with Crippen LogP contribution in [-0.4, -0.2) is 0 Å². The van der Waals surface area contributed by atoms with Gasteiger partial charge in [-0.3, -0.25) is 0 Å². The molecule has 4 aromatic rings. The van der Waals surface area contributed by atoms with E-state index in [1.165, 1.54) is 55.6 Å². The van der Waals surface area contributed by atoms with Gasteiger partial charge in [-0.05, 0) is 78.6 Å². The third-order valence-electron chi connectivity index (χ3n) is 7.94. The molecule has 0 atom stereocenters. The summed E-state index contributed by atoms with van der Waals surface area (Å²) in [4.78, 5) is 0. The van der Waals surface area contributed by atoms with Crippen LogP contribution in [0.2, 0.25) is 0 Å². The third-order valence-corrected chi connectivity index (χ3v) is 7.94. The first-order chi connectivity index (χ1) is 16.0. The van der Waals surface area contributed by atoms with Gasteiger partial charge in [0.1, 0.15) is 0 Å². The highest BCUT2D eigenvalue weighted by atomic mass is 14.6. The standard InChI is InChI=1S/C33H33N/c1-31(2,3)20-11-14-24-25-15-12-21(32(4,5)6)18-29(25)33(28(24)17-20)27-10-8-7-9-23(27)26-16-13-22(34)19-30(26)33/h7-19H,34H2,1-6H3. The molecule has 6 rings (SSSR count). The Bertz CT molecular complexity index is 1410. The highest BCUT2D eigenvalue weighted by molar-refractivity contribution is 5.95. The maximum atomic E-state index is 6.45. The van der Waals surface area contributed by atoms with E-state index in [1.54, 1.807) is 0 Å². The van der Waals surface area contributed by atoms with E-state index in [0.717, 1.165) is 5.69 Å². The molecule has 4 aromatic carbocycles. The van der Waals surface area contributed by atoms with Crippen molar-refractivity contribution in [1.82, 2.24) is 0 Å². The number of hydrogen-bond donors (Lipinski definition) is 1. The van der Waals surface area contributed by atoms with Crippen molar-refractivity contribution in [1.29, 1.82) is 0 Å². The van der Waals surface area contributed by atoms with E-state index in [4.69, 9.17) is 5.73 Å². The predicted molar refractivity (Wildman–Crippen MR) is 145 cm³/mol. The zero-order valence-electron chi connectivity index (χ0n) is 21.1. The van der Waals surface area contributed by atoms with E-state index in [0.29, 0.717) is 0 Å². The minimum Gasteiger partial charge on any atom is -0.399 e. The number of fused-ring (bicyclic) bond motifs is 10. The van der Waals surface area contributed by atoms with Gasteiger partial charge in [-0.25, -0.2) is 0 Å². The molecule has 0 radical (unpaired) electrons. The molecule has 2 aliphatic carbocycles. The maximum absolute atomic E-state index is 6.45. The third kappa shape index (κ3) is 2.67. The molecule has 0 saturated carbocycles. The van der Waals surface area contributed by atoms with Gasteiger partial charge in [0.15, 0.2) is 0 Å². The Morgan fingerprint density at radius 3 is 1.47 bits per heavy atom. The Hall–Kier alpha value is -3.32. The fourth-order valence-electron chi connectivity index (χ4n) is 6.13. The minimum atomic E-state index is -0.353. The predicted octanol–water partition coefficient (Wildman–Crippen LogP) is 8.21. The molecule has 0 fully saturated rings. The summed E-state index contributed by atoms with van der Waals surface area (Å²) >= 11 is 0. The number of anilines is 1. The van der Waals surface area contributed by atoms with Crippen molar-refractivity contribution >= 4 is 5.69 Å². The van der Waals surface area contributed by atoms with Crippen molar-refractivity contribution in [2.24, 2.45) is 0 Å². The number of hydrogen-bond acceptors (Lipinski definition) is 1. The lowest BCUT2D eigenvalue weighted by Crippen LogP contribution is -2.27. The summed E-state index contributed by atoms with van der Waals surface area (Å²) in [6.45, 7) is 13.8. The first-order valence-electron chi connectivity index (χ1n) is 12.3. The summed E-state index contributed by atoms with van der Waals surface area (Å²) in [7, 11) is 0. The molecule has 0 aromatic heterocycles. The van der Waals surface area contributed by atoms with Crippen molar-refractivity contribution in [2.45, 2.75) is 57.8 Å². The van der Waals surface area contributed by atoms with Gasteiger partial charge in [-0.2, -0.15) is 0 Å². The first-order valence-corrected chi connectivity index (χ1v) is 12.3. The minimum absolute atomic E-state index is 0.0677. The Kier molecular flexibility index (Phi) is 4.14. The zero-order chi connectivity index (χ0) is 24.0. The lowest BCUT2D eigenvalue weighted by atomic mass is 9.69. The van der Waals surface area contributed by atoms with Gasteiger partial charge >= 0.3 is 0 Å².